The van der Waals surface area contributed by atoms with Gasteiger partial charge in [-0.1, -0.05) is 0 Å². The summed E-state index contributed by atoms with van der Waals surface area (Å²) >= 11 is 5.27. The molecule has 0 aromatic carbocycles. The molecule has 1 aromatic rings. The maximum absolute atomic E-state index is 6.02. The molecule has 1 unspecified atom stereocenters. The molecule has 1 spiro atoms. The second-order valence-electron chi connectivity index (χ2n) is 5.07. The largest absolute Gasteiger partial charge is 0.372 e. The van der Waals surface area contributed by atoms with Crippen molar-refractivity contribution < 1.29 is 9.47 Å². The Morgan fingerprint density at radius 1 is 1.50 bits per heavy atom. The smallest absolute Gasteiger partial charge is 0.0841 e. The Bertz CT molecular complexity index is 403. The van der Waals surface area contributed by atoms with Gasteiger partial charge in [0.2, 0.25) is 0 Å². The van der Waals surface area contributed by atoms with Gasteiger partial charge in [0.25, 0.3) is 0 Å². The minimum atomic E-state index is 0.0998. The maximum Gasteiger partial charge on any atom is 0.0841 e. The van der Waals surface area contributed by atoms with Crippen molar-refractivity contribution >= 4 is 27.3 Å². The molecule has 0 saturated carbocycles. The fourth-order valence-corrected chi connectivity index (χ4v) is 4.15. The molecule has 1 aromatic heterocycles. The van der Waals surface area contributed by atoms with Crippen LogP contribution in [0, 0.1) is 0 Å². The summed E-state index contributed by atoms with van der Waals surface area (Å²) in [6.45, 7) is 3.59. The summed E-state index contributed by atoms with van der Waals surface area (Å²) in [6, 6.07) is 2.07. The van der Waals surface area contributed by atoms with Crippen molar-refractivity contribution in [3.8, 4) is 0 Å². The number of thiophene rings is 1. The van der Waals surface area contributed by atoms with Crippen molar-refractivity contribution in [2.75, 3.05) is 19.7 Å². The summed E-state index contributed by atoms with van der Waals surface area (Å²) in [4.78, 5) is 1.27. The normalized spacial score (nSPS) is 26.8. The van der Waals surface area contributed by atoms with Crippen LogP contribution in [0.5, 0.6) is 0 Å². The monoisotopic (exact) mass is 331 g/mol. The number of hydrogen-bond acceptors (Lipinski definition) is 4. The van der Waals surface area contributed by atoms with Crippen LogP contribution in [0.2, 0.25) is 0 Å². The molecular formula is C13H18BrNO2S. The first-order valence-electron chi connectivity index (χ1n) is 6.46. The van der Waals surface area contributed by atoms with Crippen LogP contribution >= 0.6 is 27.3 Å². The fraction of sp³-hybridized carbons (Fsp3) is 0.692. The molecule has 5 heteroatoms. The highest BCUT2D eigenvalue weighted by molar-refractivity contribution is 9.10. The lowest BCUT2D eigenvalue weighted by molar-refractivity contribution is -0.0240. The van der Waals surface area contributed by atoms with E-state index in [-0.39, 0.29) is 11.7 Å². The summed E-state index contributed by atoms with van der Waals surface area (Å²) in [7, 11) is 0. The highest BCUT2D eigenvalue weighted by Crippen LogP contribution is 2.35. The molecule has 1 N–H and O–H groups in total. The lowest BCUT2D eigenvalue weighted by atomic mass is 9.89. The summed E-state index contributed by atoms with van der Waals surface area (Å²) < 4.78 is 13.2. The summed E-state index contributed by atoms with van der Waals surface area (Å²) in [5.74, 6) is 0. The van der Waals surface area contributed by atoms with Crippen molar-refractivity contribution in [3.05, 3.63) is 20.8 Å². The van der Waals surface area contributed by atoms with Crippen LogP contribution < -0.4 is 5.32 Å². The number of ether oxygens (including phenoxy) is 2. The average molecular weight is 332 g/mol. The first-order chi connectivity index (χ1) is 8.77. The van der Waals surface area contributed by atoms with Gasteiger partial charge in [-0.25, -0.2) is 0 Å². The fourth-order valence-electron chi connectivity index (χ4n) is 2.76. The number of hydrogen-bond donors (Lipinski definition) is 1. The van der Waals surface area contributed by atoms with Crippen LogP contribution in [0.3, 0.4) is 0 Å². The Hall–Kier alpha value is 0.0600. The molecular weight excluding hydrogens is 314 g/mol. The van der Waals surface area contributed by atoms with E-state index in [1.807, 2.05) is 0 Å². The summed E-state index contributed by atoms with van der Waals surface area (Å²) in [6.07, 6.45) is 3.56. The van der Waals surface area contributed by atoms with E-state index in [0.717, 1.165) is 43.4 Å². The van der Waals surface area contributed by atoms with E-state index in [1.165, 1.54) is 4.88 Å². The Morgan fingerprint density at radius 3 is 3.06 bits per heavy atom. The summed E-state index contributed by atoms with van der Waals surface area (Å²) in [5.41, 5.74) is 0.0998. The summed E-state index contributed by atoms with van der Waals surface area (Å²) in [5, 5.41) is 5.47. The minimum Gasteiger partial charge on any atom is -0.372 e. The molecule has 2 fully saturated rings. The van der Waals surface area contributed by atoms with Gasteiger partial charge in [-0.2, -0.15) is 0 Å². The molecule has 0 amide bonds. The Labute approximate surface area is 120 Å². The molecule has 3 nitrogen and oxygen atoms in total. The molecule has 0 radical (unpaired) electrons. The standard InChI is InChI=1S/C13H18BrNO2S/c14-11-1-6-18-12(11)9-16-10-7-13(17-8-10)2-4-15-5-3-13/h1,6,10,15H,2-5,7-9H2. The lowest BCUT2D eigenvalue weighted by Crippen LogP contribution is -2.41. The Morgan fingerprint density at radius 2 is 2.33 bits per heavy atom. The first kappa shape index (κ1) is 13.1. The van der Waals surface area contributed by atoms with Crippen LogP contribution in [0.1, 0.15) is 24.1 Å². The maximum atomic E-state index is 6.02. The molecule has 2 saturated heterocycles. The second kappa shape index (κ2) is 5.59. The molecule has 100 valence electrons. The van der Waals surface area contributed by atoms with Crippen LogP contribution in [-0.2, 0) is 16.1 Å². The van der Waals surface area contributed by atoms with E-state index in [9.17, 15) is 0 Å². The van der Waals surface area contributed by atoms with Crippen molar-refractivity contribution in [1.29, 1.82) is 0 Å². The first-order valence-corrected chi connectivity index (χ1v) is 8.13. The van der Waals surface area contributed by atoms with E-state index < -0.39 is 0 Å². The number of halogens is 1. The van der Waals surface area contributed by atoms with Gasteiger partial charge in [0.1, 0.15) is 0 Å². The third-order valence-corrected chi connectivity index (χ3v) is 5.73. The van der Waals surface area contributed by atoms with Gasteiger partial charge < -0.3 is 14.8 Å². The van der Waals surface area contributed by atoms with E-state index >= 15 is 0 Å². The SMILES string of the molecule is Brc1ccsc1COC1COC2(CCNCC2)C1. The molecule has 3 heterocycles. The van der Waals surface area contributed by atoms with Gasteiger partial charge in [0.15, 0.2) is 0 Å². The molecule has 0 aliphatic carbocycles. The average Bonchev–Trinajstić information content (AvgIpc) is 2.96. The quantitative estimate of drug-likeness (QED) is 0.923. The minimum absolute atomic E-state index is 0.0998. The predicted molar refractivity (Wildman–Crippen MR) is 76.0 cm³/mol. The van der Waals surface area contributed by atoms with E-state index in [1.54, 1.807) is 11.3 Å². The van der Waals surface area contributed by atoms with Gasteiger partial charge >= 0.3 is 0 Å². The van der Waals surface area contributed by atoms with Crippen molar-refractivity contribution in [1.82, 2.24) is 5.32 Å². The molecule has 3 rings (SSSR count). The zero-order chi connectivity index (χ0) is 12.4. The third-order valence-electron chi connectivity index (χ3n) is 3.83. The number of rotatable bonds is 3. The Kier molecular flexibility index (Phi) is 4.06. The molecule has 2 aliphatic heterocycles. The second-order valence-corrected chi connectivity index (χ2v) is 6.93. The van der Waals surface area contributed by atoms with Crippen LogP contribution in [-0.4, -0.2) is 31.4 Å². The highest BCUT2D eigenvalue weighted by Gasteiger charge is 2.41. The van der Waals surface area contributed by atoms with Gasteiger partial charge in [-0.05, 0) is 53.3 Å². The van der Waals surface area contributed by atoms with Gasteiger partial charge in [0.05, 0.1) is 24.9 Å². The van der Waals surface area contributed by atoms with Gasteiger partial charge in [-0.15, -0.1) is 11.3 Å². The third kappa shape index (κ3) is 2.80. The van der Waals surface area contributed by atoms with Crippen LogP contribution in [0.4, 0.5) is 0 Å². The van der Waals surface area contributed by atoms with Gasteiger partial charge in [0, 0.05) is 15.8 Å². The molecule has 1 atom stereocenters. The van der Waals surface area contributed by atoms with Gasteiger partial charge in [-0.3, -0.25) is 0 Å². The predicted octanol–water partition coefficient (Wildman–Crippen LogP) is 2.94. The topological polar surface area (TPSA) is 30.5 Å². The zero-order valence-corrected chi connectivity index (χ0v) is 12.7. The molecule has 0 bridgehead atoms. The van der Waals surface area contributed by atoms with E-state index in [0.29, 0.717) is 6.61 Å². The van der Waals surface area contributed by atoms with Crippen LogP contribution in [0.15, 0.2) is 15.9 Å². The van der Waals surface area contributed by atoms with Crippen LogP contribution in [0.25, 0.3) is 0 Å². The lowest BCUT2D eigenvalue weighted by Gasteiger charge is -2.32. The van der Waals surface area contributed by atoms with Crippen molar-refractivity contribution in [2.45, 2.75) is 37.6 Å². The van der Waals surface area contributed by atoms with E-state index in [4.69, 9.17) is 9.47 Å². The van der Waals surface area contributed by atoms with Crippen molar-refractivity contribution in [2.24, 2.45) is 0 Å². The molecule has 2 aliphatic rings. The number of nitrogens with one attached hydrogen (secondary N) is 1. The van der Waals surface area contributed by atoms with Crippen molar-refractivity contribution in [3.63, 3.8) is 0 Å². The number of piperidine rings is 1. The Balaban J connectivity index is 1.52. The highest BCUT2D eigenvalue weighted by atomic mass is 79.9. The van der Waals surface area contributed by atoms with E-state index in [2.05, 4.69) is 32.7 Å². The molecule has 18 heavy (non-hydrogen) atoms. The zero-order valence-electron chi connectivity index (χ0n) is 10.3.